The summed E-state index contributed by atoms with van der Waals surface area (Å²) in [5.41, 5.74) is 0.867. The number of carbonyl (C=O) groups excluding carboxylic acids is 1. The molecular formula is C16H20BrNO3. The Kier molecular flexibility index (Phi) is 5.82. The van der Waals surface area contributed by atoms with Gasteiger partial charge in [0.15, 0.2) is 0 Å². The summed E-state index contributed by atoms with van der Waals surface area (Å²) < 4.78 is 6.23. The van der Waals surface area contributed by atoms with E-state index in [1.165, 1.54) is 0 Å². The highest BCUT2D eigenvalue weighted by Crippen LogP contribution is 2.25. The van der Waals surface area contributed by atoms with Gasteiger partial charge in [-0.15, -0.1) is 0 Å². The molecule has 21 heavy (non-hydrogen) atoms. The maximum Gasteiger partial charge on any atom is 0.246 e. The van der Waals surface area contributed by atoms with Gasteiger partial charge >= 0.3 is 0 Å². The Hall–Kier alpha value is -1.33. The number of aliphatic hydroxyl groups is 1. The highest BCUT2D eigenvalue weighted by molar-refractivity contribution is 9.10. The van der Waals surface area contributed by atoms with Crippen molar-refractivity contribution in [2.24, 2.45) is 5.92 Å². The molecule has 1 fully saturated rings. The number of benzene rings is 1. The highest BCUT2D eigenvalue weighted by atomic mass is 79.9. The molecule has 4 nitrogen and oxygen atoms in total. The molecule has 2 rings (SSSR count). The Labute approximate surface area is 133 Å². The number of nitrogens with zero attached hydrogens (tertiary/aromatic N) is 1. The first kappa shape index (κ1) is 16.0. The van der Waals surface area contributed by atoms with Crippen LogP contribution in [0.4, 0.5) is 0 Å². The van der Waals surface area contributed by atoms with Gasteiger partial charge in [-0.05, 0) is 43.0 Å². The number of methoxy groups -OCH3 is 1. The molecule has 114 valence electrons. The number of halogens is 1. The maximum absolute atomic E-state index is 12.2. The molecule has 5 heteroatoms. The lowest BCUT2D eigenvalue weighted by atomic mass is 10.1. The molecule has 0 aliphatic carbocycles. The lowest BCUT2D eigenvalue weighted by Gasteiger charge is -2.14. The van der Waals surface area contributed by atoms with Crippen LogP contribution in [0.15, 0.2) is 28.7 Å². The molecule has 1 unspecified atom stereocenters. The summed E-state index contributed by atoms with van der Waals surface area (Å²) in [5, 5.41) is 8.95. The van der Waals surface area contributed by atoms with E-state index in [0.29, 0.717) is 5.92 Å². The number of rotatable bonds is 5. The Morgan fingerprint density at radius 1 is 1.57 bits per heavy atom. The molecule has 1 aromatic carbocycles. The van der Waals surface area contributed by atoms with Crippen LogP contribution in [0, 0.1) is 5.92 Å². The van der Waals surface area contributed by atoms with E-state index in [1.807, 2.05) is 23.1 Å². The van der Waals surface area contributed by atoms with Gasteiger partial charge in [0.25, 0.3) is 0 Å². The number of carbonyl (C=O) groups is 1. The molecule has 0 radical (unpaired) electrons. The fraction of sp³-hybridized carbons (Fsp3) is 0.438. The lowest BCUT2D eigenvalue weighted by molar-refractivity contribution is -0.125. The van der Waals surface area contributed by atoms with Crippen LogP contribution in [0.3, 0.4) is 0 Å². The topological polar surface area (TPSA) is 49.8 Å². The molecule has 0 bridgehead atoms. The molecular weight excluding hydrogens is 334 g/mol. The van der Waals surface area contributed by atoms with Crippen molar-refractivity contribution >= 4 is 27.9 Å². The number of aliphatic hydroxyl groups excluding tert-OH is 1. The third kappa shape index (κ3) is 4.32. The van der Waals surface area contributed by atoms with Gasteiger partial charge in [-0.2, -0.15) is 0 Å². The van der Waals surface area contributed by atoms with Crippen LogP contribution in [0.2, 0.25) is 0 Å². The molecule has 1 saturated heterocycles. The Balaban J connectivity index is 2.01. The van der Waals surface area contributed by atoms with Gasteiger partial charge in [0, 0.05) is 35.8 Å². The van der Waals surface area contributed by atoms with Gasteiger partial charge in [-0.1, -0.05) is 15.9 Å². The zero-order valence-corrected chi connectivity index (χ0v) is 13.7. The second-order valence-electron chi connectivity index (χ2n) is 5.17. The van der Waals surface area contributed by atoms with Gasteiger partial charge in [0.2, 0.25) is 5.91 Å². The average molecular weight is 354 g/mol. The van der Waals surface area contributed by atoms with Crippen molar-refractivity contribution in [1.82, 2.24) is 4.90 Å². The van der Waals surface area contributed by atoms with Crippen molar-refractivity contribution in [3.63, 3.8) is 0 Å². The van der Waals surface area contributed by atoms with Crippen LogP contribution >= 0.6 is 15.9 Å². The van der Waals surface area contributed by atoms with Gasteiger partial charge in [-0.3, -0.25) is 4.79 Å². The van der Waals surface area contributed by atoms with Crippen LogP contribution in [-0.4, -0.2) is 42.7 Å². The number of likely N-dealkylation sites (tertiary alicyclic amines) is 1. The third-order valence-electron chi connectivity index (χ3n) is 3.73. The van der Waals surface area contributed by atoms with Crippen LogP contribution in [-0.2, 0) is 4.79 Å². The minimum absolute atomic E-state index is 0.0115. The summed E-state index contributed by atoms with van der Waals surface area (Å²) >= 11 is 3.42. The van der Waals surface area contributed by atoms with Crippen molar-refractivity contribution in [3.8, 4) is 5.75 Å². The Morgan fingerprint density at radius 3 is 3.10 bits per heavy atom. The van der Waals surface area contributed by atoms with E-state index in [0.717, 1.165) is 41.7 Å². The largest absolute Gasteiger partial charge is 0.496 e. The fourth-order valence-corrected chi connectivity index (χ4v) is 2.93. The molecule has 1 N–H and O–H groups in total. The van der Waals surface area contributed by atoms with Crippen LogP contribution in [0.5, 0.6) is 5.75 Å². The van der Waals surface area contributed by atoms with E-state index in [9.17, 15) is 4.79 Å². The summed E-state index contributed by atoms with van der Waals surface area (Å²) in [6, 6.07) is 5.68. The molecule has 0 saturated carbocycles. The van der Waals surface area contributed by atoms with E-state index in [-0.39, 0.29) is 12.5 Å². The quantitative estimate of drug-likeness (QED) is 0.828. The summed E-state index contributed by atoms with van der Waals surface area (Å²) in [6.45, 7) is 1.70. The summed E-state index contributed by atoms with van der Waals surface area (Å²) in [5.74, 6) is 1.17. The first-order valence-electron chi connectivity index (χ1n) is 7.05. The predicted octanol–water partition coefficient (Wildman–Crippen LogP) is 2.70. The summed E-state index contributed by atoms with van der Waals surface area (Å²) in [4.78, 5) is 14.0. The zero-order valence-electron chi connectivity index (χ0n) is 12.1. The first-order chi connectivity index (χ1) is 10.1. The smallest absolute Gasteiger partial charge is 0.246 e. The van der Waals surface area contributed by atoms with E-state index < -0.39 is 0 Å². The van der Waals surface area contributed by atoms with Crippen LogP contribution in [0.1, 0.15) is 18.4 Å². The molecule has 1 aromatic rings. The van der Waals surface area contributed by atoms with E-state index >= 15 is 0 Å². The molecule has 1 heterocycles. The fourth-order valence-electron chi connectivity index (χ4n) is 2.55. The lowest BCUT2D eigenvalue weighted by Crippen LogP contribution is -2.26. The minimum atomic E-state index is 0.0115. The number of hydrogen-bond acceptors (Lipinski definition) is 3. The zero-order chi connectivity index (χ0) is 15.2. The Morgan fingerprint density at radius 2 is 2.38 bits per heavy atom. The second kappa shape index (κ2) is 7.61. The first-order valence-corrected chi connectivity index (χ1v) is 7.84. The highest BCUT2D eigenvalue weighted by Gasteiger charge is 2.24. The summed E-state index contributed by atoms with van der Waals surface area (Å²) in [6.07, 6.45) is 5.12. The SMILES string of the molecule is COc1ccc(Br)cc1/C=C/C(=O)N1CCC(CCO)C1. The van der Waals surface area contributed by atoms with Crippen molar-refractivity contribution in [3.05, 3.63) is 34.3 Å². The summed E-state index contributed by atoms with van der Waals surface area (Å²) in [7, 11) is 1.61. The molecule has 0 spiro atoms. The molecule has 0 aromatic heterocycles. The second-order valence-corrected chi connectivity index (χ2v) is 6.09. The van der Waals surface area contributed by atoms with Gasteiger partial charge in [0.05, 0.1) is 7.11 Å². The van der Waals surface area contributed by atoms with Gasteiger partial charge in [-0.25, -0.2) is 0 Å². The minimum Gasteiger partial charge on any atom is -0.496 e. The molecule has 1 atom stereocenters. The van der Waals surface area contributed by atoms with Gasteiger partial charge in [0.1, 0.15) is 5.75 Å². The number of ether oxygens (including phenoxy) is 1. The third-order valence-corrected chi connectivity index (χ3v) is 4.23. The predicted molar refractivity (Wildman–Crippen MR) is 86.1 cm³/mol. The molecule has 1 amide bonds. The van der Waals surface area contributed by atoms with Crippen molar-refractivity contribution in [1.29, 1.82) is 0 Å². The Bertz CT molecular complexity index is 530. The average Bonchev–Trinajstić information content (AvgIpc) is 2.94. The maximum atomic E-state index is 12.2. The van der Waals surface area contributed by atoms with Crippen LogP contribution < -0.4 is 4.74 Å². The van der Waals surface area contributed by atoms with E-state index in [1.54, 1.807) is 19.3 Å². The number of hydrogen-bond donors (Lipinski definition) is 1. The van der Waals surface area contributed by atoms with E-state index in [4.69, 9.17) is 9.84 Å². The van der Waals surface area contributed by atoms with Crippen LogP contribution in [0.25, 0.3) is 6.08 Å². The van der Waals surface area contributed by atoms with Crippen molar-refractivity contribution in [2.75, 3.05) is 26.8 Å². The molecule has 1 aliphatic heterocycles. The van der Waals surface area contributed by atoms with Gasteiger partial charge < -0.3 is 14.7 Å². The van der Waals surface area contributed by atoms with Crippen molar-refractivity contribution in [2.45, 2.75) is 12.8 Å². The monoisotopic (exact) mass is 353 g/mol. The van der Waals surface area contributed by atoms with E-state index in [2.05, 4.69) is 15.9 Å². The van der Waals surface area contributed by atoms with Crippen molar-refractivity contribution < 1.29 is 14.6 Å². The normalized spacial score (nSPS) is 18.4. The standard InChI is InChI=1S/C16H20BrNO3/c1-21-15-4-3-14(17)10-13(15)2-5-16(20)18-8-6-12(11-18)7-9-19/h2-5,10,12,19H,6-9,11H2,1H3/b5-2+. The molecule has 1 aliphatic rings. The number of amides is 1.